The smallest absolute Gasteiger partial charge is 0.313 e. The van der Waals surface area contributed by atoms with Gasteiger partial charge in [-0.05, 0) is 25.5 Å². The van der Waals surface area contributed by atoms with E-state index in [9.17, 15) is 20.0 Å². The van der Waals surface area contributed by atoms with Gasteiger partial charge in [-0.2, -0.15) is 0 Å². The van der Waals surface area contributed by atoms with Crippen LogP contribution >= 0.6 is 0 Å². The summed E-state index contributed by atoms with van der Waals surface area (Å²) < 4.78 is 5.22. The summed E-state index contributed by atoms with van der Waals surface area (Å²) in [6.45, 7) is 3.62. The van der Waals surface area contributed by atoms with Gasteiger partial charge in [-0.3, -0.25) is 14.9 Å². The molecule has 0 aliphatic carbocycles. The van der Waals surface area contributed by atoms with E-state index in [-0.39, 0.29) is 18.9 Å². The fourth-order valence-corrected chi connectivity index (χ4v) is 2.19. The van der Waals surface area contributed by atoms with Crippen molar-refractivity contribution in [2.75, 3.05) is 18.5 Å². The highest BCUT2D eigenvalue weighted by Crippen LogP contribution is 2.34. The molecule has 2 N–H and O–H groups in total. The lowest BCUT2D eigenvalue weighted by molar-refractivity contribution is -0.384. The number of rotatable bonds is 4. The van der Waals surface area contributed by atoms with Crippen LogP contribution in [0.5, 0.6) is 0 Å². The maximum Gasteiger partial charge on any atom is 0.313 e. The summed E-state index contributed by atoms with van der Waals surface area (Å²) >= 11 is 0. The first-order valence-corrected chi connectivity index (χ1v) is 6.17. The van der Waals surface area contributed by atoms with E-state index in [1.54, 1.807) is 26.0 Å². The van der Waals surface area contributed by atoms with Crippen LogP contribution in [-0.2, 0) is 9.53 Å². The first-order chi connectivity index (χ1) is 9.34. The summed E-state index contributed by atoms with van der Waals surface area (Å²) in [7, 11) is 0. The van der Waals surface area contributed by atoms with Crippen molar-refractivity contribution >= 4 is 17.3 Å². The average molecular weight is 280 g/mol. The molecule has 0 spiro atoms. The summed E-state index contributed by atoms with van der Waals surface area (Å²) in [4.78, 5) is 21.9. The number of aliphatic carboxylic acids is 1. The van der Waals surface area contributed by atoms with Gasteiger partial charge in [0.1, 0.15) is 11.1 Å². The van der Waals surface area contributed by atoms with Gasteiger partial charge < -0.3 is 15.2 Å². The minimum Gasteiger partial charge on any atom is -0.481 e. The number of carboxylic acid groups (broad SMARTS) is 1. The van der Waals surface area contributed by atoms with E-state index in [0.29, 0.717) is 5.69 Å². The van der Waals surface area contributed by atoms with E-state index in [0.717, 1.165) is 5.56 Å². The molecule has 1 aromatic rings. The number of carboxylic acids is 1. The predicted molar refractivity (Wildman–Crippen MR) is 71.8 cm³/mol. The molecule has 20 heavy (non-hydrogen) atoms. The zero-order valence-corrected chi connectivity index (χ0v) is 11.3. The second-order valence-electron chi connectivity index (χ2n) is 5.21. The number of anilines is 1. The van der Waals surface area contributed by atoms with Crippen molar-refractivity contribution in [2.45, 2.75) is 19.9 Å². The van der Waals surface area contributed by atoms with Gasteiger partial charge in [-0.25, -0.2) is 0 Å². The van der Waals surface area contributed by atoms with E-state index in [2.05, 4.69) is 5.32 Å². The lowest BCUT2D eigenvalue weighted by Gasteiger charge is -2.26. The molecule has 1 aromatic carbocycles. The number of benzene rings is 1. The Balaban J connectivity index is 2.31. The largest absolute Gasteiger partial charge is 0.481 e. The minimum atomic E-state index is -1.10. The third-order valence-corrected chi connectivity index (χ3v) is 3.62. The average Bonchev–Trinajstić information content (AvgIpc) is 2.74. The summed E-state index contributed by atoms with van der Waals surface area (Å²) in [5, 5.41) is 23.3. The van der Waals surface area contributed by atoms with Gasteiger partial charge >= 0.3 is 5.97 Å². The van der Waals surface area contributed by atoms with Gasteiger partial charge in [0, 0.05) is 6.07 Å². The molecular weight excluding hydrogens is 264 g/mol. The molecule has 1 saturated heterocycles. The zero-order valence-electron chi connectivity index (χ0n) is 11.3. The SMILES string of the molecule is Cc1ccc(NC2COCC2(C)C(=O)O)c([N+](=O)[O-])c1. The lowest BCUT2D eigenvalue weighted by atomic mass is 9.85. The van der Waals surface area contributed by atoms with Crippen LogP contribution in [0.1, 0.15) is 12.5 Å². The fourth-order valence-electron chi connectivity index (χ4n) is 2.19. The highest BCUT2D eigenvalue weighted by molar-refractivity contribution is 5.77. The van der Waals surface area contributed by atoms with Crippen LogP contribution in [0.4, 0.5) is 11.4 Å². The molecule has 0 bridgehead atoms. The number of ether oxygens (including phenoxy) is 1. The number of nitro groups is 1. The van der Waals surface area contributed by atoms with Crippen molar-refractivity contribution in [1.82, 2.24) is 0 Å². The van der Waals surface area contributed by atoms with Gasteiger partial charge in [-0.15, -0.1) is 0 Å². The van der Waals surface area contributed by atoms with E-state index >= 15 is 0 Å². The molecule has 0 amide bonds. The lowest BCUT2D eigenvalue weighted by Crippen LogP contribution is -2.43. The number of hydrogen-bond donors (Lipinski definition) is 2. The predicted octanol–water partition coefficient (Wildman–Crippen LogP) is 1.80. The monoisotopic (exact) mass is 280 g/mol. The summed E-state index contributed by atoms with van der Waals surface area (Å²) in [5.41, 5.74) is -0.0854. The number of nitrogens with one attached hydrogen (secondary N) is 1. The molecule has 0 saturated carbocycles. The van der Waals surface area contributed by atoms with Crippen LogP contribution in [0.25, 0.3) is 0 Å². The van der Waals surface area contributed by atoms with E-state index < -0.39 is 22.3 Å². The summed E-state index contributed by atoms with van der Waals surface area (Å²) in [5.74, 6) is -0.984. The minimum absolute atomic E-state index is 0.0651. The molecule has 2 rings (SSSR count). The van der Waals surface area contributed by atoms with Crippen LogP contribution in [0.3, 0.4) is 0 Å². The second-order valence-corrected chi connectivity index (χ2v) is 5.21. The topological polar surface area (TPSA) is 102 Å². The number of hydrogen-bond acceptors (Lipinski definition) is 5. The van der Waals surface area contributed by atoms with Crippen molar-refractivity contribution in [2.24, 2.45) is 5.41 Å². The Morgan fingerprint density at radius 3 is 2.90 bits per heavy atom. The number of aryl methyl sites for hydroxylation is 1. The Morgan fingerprint density at radius 1 is 1.60 bits per heavy atom. The van der Waals surface area contributed by atoms with Crippen molar-refractivity contribution in [3.63, 3.8) is 0 Å². The van der Waals surface area contributed by atoms with E-state index in [4.69, 9.17) is 4.74 Å². The van der Waals surface area contributed by atoms with Crippen LogP contribution in [0, 0.1) is 22.5 Å². The molecular formula is C13H16N2O5. The van der Waals surface area contributed by atoms with Crippen LogP contribution in [0.2, 0.25) is 0 Å². The Labute approximate surface area is 115 Å². The molecule has 2 atom stereocenters. The van der Waals surface area contributed by atoms with E-state index in [1.807, 2.05) is 0 Å². The third kappa shape index (κ3) is 2.44. The number of carbonyl (C=O) groups is 1. The standard InChI is InChI=1S/C13H16N2O5/c1-8-3-4-9(10(5-8)15(18)19)14-11-6-20-7-13(11,2)12(16)17/h3-5,11,14H,6-7H2,1-2H3,(H,16,17). The number of nitro benzene ring substituents is 1. The first-order valence-electron chi connectivity index (χ1n) is 6.17. The zero-order chi connectivity index (χ0) is 14.9. The Morgan fingerprint density at radius 2 is 2.30 bits per heavy atom. The third-order valence-electron chi connectivity index (χ3n) is 3.62. The Bertz CT molecular complexity index is 560. The van der Waals surface area contributed by atoms with Crippen LogP contribution < -0.4 is 5.32 Å². The second kappa shape index (κ2) is 5.09. The Hall–Kier alpha value is -2.15. The molecule has 1 aliphatic heterocycles. The van der Waals surface area contributed by atoms with Crippen molar-refractivity contribution in [3.05, 3.63) is 33.9 Å². The maximum absolute atomic E-state index is 11.3. The molecule has 108 valence electrons. The number of nitrogens with zero attached hydrogens (tertiary/aromatic N) is 1. The molecule has 1 heterocycles. The van der Waals surface area contributed by atoms with Gasteiger partial charge in [-0.1, -0.05) is 6.07 Å². The maximum atomic E-state index is 11.3. The molecule has 1 fully saturated rings. The molecule has 1 aliphatic rings. The van der Waals surface area contributed by atoms with Gasteiger partial charge in [0.05, 0.1) is 24.2 Å². The van der Waals surface area contributed by atoms with Crippen LogP contribution in [-0.4, -0.2) is 35.3 Å². The normalized spacial score (nSPS) is 25.4. The van der Waals surface area contributed by atoms with Crippen molar-refractivity contribution in [3.8, 4) is 0 Å². The van der Waals surface area contributed by atoms with Crippen LogP contribution in [0.15, 0.2) is 18.2 Å². The van der Waals surface area contributed by atoms with Gasteiger partial charge in [0.25, 0.3) is 5.69 Å². The quantitative estimate of drug-likeness (QED) is 0.644. The van der Waals surface area contributed by atoms with Crippen molar-refractivity contribution in [1.29, 1.82) is 0 Å². The first kappa shape index (κ1) is 14.3. The molecule has 7 nitrogen and oxygen atoms in total. The van der Waals surface area contributed by atoms with Gasteiger partial charge in [0.15, 0.2) is 0 Å². The highest BCUT2D eigenvalue weighted by Gasteiger charge is 2.47. The summed E-state index contributed by atoms with van der Waals surface area (Å²) in [6, 6.07) is 4.27. The molecule has 0 aromatic heterocycles. The Kier molecular flexibility index (Phi) is 3.63. The fraction of sp³-hybridized carbons (Fsp3) is 0.462. The van der Waals surface area contributed by atoms with Crippen molar-refractivity contribution < 1.29 is 19.6 Å². The summed E-state index contributed by atoms with van der Waals surface area (Å²) in [6.07, 6.45) is 0. The molecule has 7 heteroatoms. The van der Waals surface area contributed by atoms with Gasteiger partial charge in [0.2, 0.25) is 0 Å². The molecule has 0 radical (unpaired) electrons. The highest BCUT2D eigenvalue weighted by atomic mass is 16.6. The molecule has 2 unspecified atom stereocenters. The van der Waals surface area contributed by atoms with E-state index in [1.165, 1.54) is 6.07 Å².